The van der Waals surface area contributed by atoms with E-state index >= 15 is 0 Å². The van der Waals surface area contributed by atoms with E-state index in [0.717, 1.165) is 22.9 Å². The minimum atomic E-state index is -0.150. The molecule has 2 aromatic rings. The molecule has 0 saturated carbocycles. The molecule has 1 aromatic carbocycles. The molecule has 1 heterocycles. The number of hydrogen-bond acceptors (Lipinski definition) is 5. The van der Waals surface area contributed by atoms with Crippen molar-refractivity contribution in [2.75, 3.05) is 10.7 Å². The molecule has 21 heavy (non-hydrogen) atoms. The number of nitrogens with zero attached hydrogens (tertiary/aromatic N) is 2. The Kier molecular flexibility index (Phi) is 4.14. The van der Waals surface area contributed by atoms with Crippen LogP contribution in [0.3, 0.4) is 0 Å². The van der Waals surface area contributed by atoms with Gasteiger partial charge in [0.1, 0.15) is 17.5 Å². The normalized spacial score (nSPS) is 11.3. The lowest BCUT2D eigenvalue weighted by Gasteiger charge is -2.20. The Bertz CT molecular complexity index is 626. The summed E-state index contributed by atoms with van der Waals surface area (Å²) in [5.41, 5.74) is 5.61. The molecule has 5 nitrogen and oxygen atoms in total. The largest absolute Gasteiger partial charge is 0.340 e. The average Bonchev–Trinajstić information content (AvgIpc) is 2.42. The number of aromatic nitrogens is 2. The summed E-state index contributed by atoms with van der Waals surface area (Å²) in [6.45, 7) is 10.2. The van der Waals surface area contributed by atoms with Crippen molar-refractivity contribution in [3.63, 3.8) is 0 Å². The van der Waals surface area contributed by atoms with Gasteiger partial charge in [0.2, 0.25) is 0 Å². The van der Waals surface area contributed by atoms with E-state index in [9.17, 15) is 0 Å². The van der Waals surface area contributed by atoms with E-state index in [1.165, 1.54) is 5.56 Å². The van der Waals surface area contributed by atoms with Gasteiger partial charge in [0.15, 0.2) is 0 Å². The predicted octanol–water partition coefficient (Wildman–Crippen LogP) is 3.42. The fraction of sp³-hybridized carbons (Fsp3) is 0.375. The summed E-state index contributed by atoms with van der Waals surface area (Å²) in [6, 6.07) is 8.18. The first-order chi connectivity index (χ1) is 9.81. The highest BCUT2D eigenvalue weighted by molar-refractivity contribution is 5.64. The highest BCUT2D eigenvalue weighted by Gasteiger charge is 2.21. The second kappa shape index (κ2) is 5.69. The zero-order chi connectivity index (χ0) is 15.6. The topological polar surface area (TPSA) is 75.9 Å². The van der Waals surface area contributed by atoms with Crippen LogP contribution in [0.5, 0.6) is 0 Å². The third-order valence-electron chi connectivity index (χ3n) is 3.27. The highest BCUT2D eigenvalue weighted by Crippen LogP contribution is 2.27. The molecule has 5 heteroatoms. The van der Waals surface area contributed by atoms with Crippen molar-refractivity contribution in [2.45, 2.75) is 40.0 Å². The summed E-state index contributed by atoms with van der Waals surface area (Å²) in [5, 5.41) is 3.34. The summed E-state index contributed by atoms with van der Waals surface area (Å²) >= 11 is 0. The van der Waals surface area contributed by atoms with Crippen LogP contribution in [0.2, 0.25) is 0 Å². The predicted molar refractivity (Wildman–Crippen MR) is 87.7 cm³/mol. The van der Waals surface area contributed by atoms with E-state index in [-0.39, 0.29) is 5.41 Å². The fourth-order valence-corrected chi connectivity index (χ4v) is 1.89. The molecule has 0 amide bonds. The Morgan fingerprint density at radius 2 is 1.52 bits per heavy atom. The third-order valence-corrected chi connectivity index (χ3v) is 3.27. The second-order valence-corrected chi connectivity index (χ2v) is 6.25. The van der Waals surface area contributed by atoms with Crippen LogP contribution in [0.4, 0.5) is 17.3 Å². The van der Waals surface area contributed by atoms with Crippen molar-refractivity contribution in [2.24, 2.45) is 5.84 Å². The molecule has 0 aliphatic rings. The van der Waals surface area contributed by atoms with Gasteiger partial charge in [0, 0.05) is 16.7 Å². The zero-order valence-electron chi connectivity index (χ0n) is 13.3. The van der Waals surface area contributed by atoms with Gasteiger partial charge in [0.25, 0.3) is 0 Å². The fourth-order valence-electron chi connectivity index (χ4n) is 1.89. The first-order valence-corrected chi connectivity index (χ1v) is 7.00. The molecule has 0 radical (unpaired) electrons. The summed E-state index contributed by atoms with van der Waals surface area (Å²) in [7, 11) is 0. The number of aryl methyl sites for hydroxylation is 1. The summed E-state index contributed by atoms with van der Waals surface area (Å²) < 4.78 is 0. The Hall–Kier alpha value is -2.14. The molecule has 2 rings (SSSR count). The van der Waals surface area contributed by atoms with Gasteiger partial charge >= 0.3 is 0 Å². The molecule has 0 aliphatic heterocycles. The van der Waals surface area contributed by atoms with Gasteiger partial charge in [-0.1, -0.05) is 38.5 Å². The van der Waals surface area contributed by atoms with Crippen LogP contribution in [-0.4, -0.2) is 9.97 Å². The molecule has 112 valence electrons. The Morgan fingerprint density at radius 1 is 0.952 bits per heavy atom. The maximum atomic E-state index is 5.58. The maximum Gasteiger partial charge on any atom is 0.148 e. The maximum absolute atomic E-state index is 5.58. The summed E-state index contributed by atoms with van der Waals surface area (Å²) in [6.07, 6.45) is 0. The molecule has 0 atom stereocenters. The number of hydrogen-bond donors (Lipinski definition) is 3. The van der Waals surface area contributed by atoms with E-state index in [4.69, 9.17) is 5.84 Å². The van der Waals surface area contributed by atoms with Crippen molar-refractivity contribution in [3.8, 4) is 0 Å². The molecule has 1 aromatic heterocycles. The lowest BCUT2D eigenvalue weighted by atomic mass is 9.95. The van der Waals surface area contributed by atoms with E-state index in [0.29, 0.717) is 5.82 Å². The van der Waals surface area contributed by atoms with Gasteiger partial charge in [0.05, 0.1) is 0 Å². The molecule has 0 aliphatic carbocycles. The molecule has 0 bridgehead atoms. The number of benzene rings is 1. The molecule has 0 spiro atoms. The third kappa shape index (κ3) is 3.49. The van der Waals surface area contributed by atoms with Crippen LogP contribution in [-0.2, 0) is 5.41 Å². The van der Waals surface area contributed by atoms with Crippen molar-refractivity contribution in [1.29, 1.82) is 0 Å². The quantitative estimate of drug-likeness (QED) is 0.595. The lowest BCUT2D eigenvalue weighted by molar-refractivity contribution is 0.546. The Morgan fingerprint density at radius 3 is 2.05 bits per heavy atom. The molecule has 4 N–H and O–H groups in total. The number of nitrogen functional groups attached to an aromatic ring is 1. The molecule has 0 unspecified atom stereocenters. The van der Waals surface area contributed by atoms with Crippen LogP contribution >= 0.6 is 0 Å². The summed E-state index contributed by atoms with van der Waals surface area (Å²) in [5.74, 6) is 7.74. The zero-order valence-corrected chi connectivity index (χ0v) is 13.3. The molecule has 0 saturated heterocycles. The van der Waals surface area contributed by atoms with E-state index in [2.05, 4.69) is 60.5 Å². The minimum Gasteiger partial charge on any atom is -0.340 e. The van der Waals surface area contributed by atoms with Gasteiger partial charge in [-0.3, -0.25) is 0 Å². The molecular weight excluding hydrogens is 262 g/mol. The number of nitrogens with two attached hydrogens (primary N) is 1. The van der Waals surface area contributed by atoms with Gasteiger partial charge in [-0.05, 0) is 26.0 Å². The summed E-state index contributed by atoms with van der Waals surface area (Å²) in [4.78, 5) is 9.14. The number of nitrogens with one attached hydrogen (secondary N) is 2. The number of hydrazine groups is 1. The monoisotopic (exact) mass is 285 g/mol. The lowest BCUT2D eigenvalue weighted by Crippen LogP contribution is -2.20. The Labute approximate surface area is 126 Å². The van der Waals surface area contributed by atoms with Gasteiger partial charge in [-0.15, -0.1) is 0 Å². The van der Waals surface area contributed by atoms with E-state index in [1.54, 1.807) is 0 Å². The standard InChI is InChI=1S/C16H23N5/c1-10-6-8-12(9-7-10)18-13-11(2)14(21-17)20-15(19-13)16(3,4)5/h6-9H,17H2,1-5H3,(H2,18,19,20,21). The Balaban J connectivity index is 2.44. The van der Waals surface area contributed by atoms with Crippen molar-refractivity contribution >= 4 is 17.3 Å². The average molecular weight is 285 g/mol. The highest BCUT2D eigenvalue weighted by atomic mass is 15.3. The van der Waals surface area contributed by atoms with Crippen LogP contribution in [0.1, 0.15) is 37.7 Å². The number of rotatable bonds is 3. The van der Waals surface area contributed by atoms with Gasteiger partial charge < -0.3 is 10.7 Å². The van der Waals surface area contributed by atoms with Crippen LogP contribution < -0.4 is 16.6 Å². The van der Waals surface area contributed by atoms with Crippen molar-refractivity contribution in [1.82, 2.24) is 9.97 Å². The van der Waals surface area contributed by atoms with Gasteiger partial charge in [-0.25, -0.2) is 15.8 Å². The van der Waals surface area contributed by atoms with Gasteiger partial charge in [-0.2, -0.15) is 0 Å². The SMILES string of the molecule is Cc1ccc(Nc2nc(C(C)(C)C)nc(NN)c2C)cc1. The first-order valence-electron chi connectivity index (χ1n) is 7.00. The van der Waals surface area contributed by atoms with Crippen molar-refractivity contribution in [3.05, 3.63) is 41.2 Å². The number of anilines is 3. The second-order valence-electron chi connectivity index (χ2n) is 6.25. The van der Waals surface area contributed by atoms with Crippen LogP contribution in [0.15, 0.2) is 24.3 Å². The van der Waals surface area contributed by atoms with E-state index < -0.39 is 0 Å². The van der Waals surface area contributed by atoms with Crippen LogP contribution in [0.25, 0.3) is 0 Å². The van der Waals surface area contributed by atoms with Crippen molar-refractivity contribution < 1.29 is 0 Å². The molecular formula is C16H23N5. The minimum absolute atomic E-state index is 0.150. The van der Waals surface area contributed by atoms with E-state index in [1.807, 2.05) is 19.1 Å². The smallest absolute Gasteiger partial charge is 0.148 e. The molecule has 0 fully saturated rings. The first kappa shape index (κ1) is 15.3. The van der Waals surface area contributed by atoms with Crippen LogP contribution in [0, 0.1) is 13.8 Å².